The lowest BCUT2D eigenvalue weighted by molar-refractivity contribution is -0.0724. The zero-order valence-corrected chi connectivity index (χ0v) is 10.7. The summed E-state index contributed by atoms with van der Waals surface area (Å²) >= 11 is 1.61. The Morgan fingerprint density at radius 1 is 1.56 bits per heavy atom. The number of imidazole rings is 1. The number of hydrazone groups is 1. The molecule has 7 heteroatoms. The summed E-state index contributed by atoms with van der Waals surface area (Å²) in [6.07, 6.45) is 6.63. The first-order chi connectivity index (χ1) is 8.75. The van der Waals surface area contributed by atoms with E-state index in [4.69, 9.17) is 0 Å². The van der Waals surface area contributed by atoms with Gasteiger partial charge in [0.1, 0.15) is 0 Å². The van der Waals surface area contributed by atoms with Crippen LogP contribution in [0.5, 0.6) is 0 Å². The van der Waals surface area contributed by atoms with Crippen LogP contribution in [0.2, 0.25) is 0 Å². The van der Waals surface area contributed by atoms with E-state index in [2.05, 4.69) is 15.1 Å². The number of aromatic nitrogens is 3. The summed E-state index contributed by atoms with van der Waals surface area (Å²) in [6, 6.07) is -0.00708. The average Bonchev–Trinajstić information content (AvgIpc) is 3.09. The van der Waals surface area contributed by atoms with E-state index >= 15 is 0 Å². The molecule has 2 unspecified atom stereocenters. The quantitative estimate of drug-likeness (QED) is 0.912. The van der Waals surface area contributed by atoms with Gasteiger partial charge in [0.25, 0.3) is 0 Å². The average molecular weight is 263 g/mol. The Labute approximate surface area is 108 Å². The van der Waals surface area contributed by atoms with Gasteiger partial charge >= 0.3 is 0 Å². The van der Waals surface area contributed by atoms with Crippen molar-refractivity contribution in [2.45, 2.75) is 25.7 Å². The first kappa shape index (κ1) is 11.4. The molecular formula is C11H13N5OS. The Kier molecular flexibility index (Phi) is 2.85. The minimum Gasteiger partial charge on any atom is -0.355 e. The van der Waals surface area contributed by atoms with E-state index in [9.17, 15) is 5.11 Å². The maximum atomic E-state index is 10.3. The topological polar surface area (TPSA) is 66.5 Å². The molecule has 0 fully saturated rings. The van der Waals surface area contributed by atoms with E-state index in [-0.39, 0.29) is 6.04 Å². The van der Waals surface area contributed by atoms with E-state index in [1.807, 2.05) is 12.3 Å². The van der Waals surface area contributed by atoms with Crippen molar-refractivity contribution in [2.24, 2.45) is 5.10 Å². The van der Waals surface area contributed by atoms with Crippen LogP contribution in [0.4, 0.5) is 0 Å². The first-order valence-corrected chi connectivity index (χ1v) is 6.52. The van der Waals surface area contributed by atoms with Crippen molar-refractivity contribution in [3.8, 4) is 0 Å². The molecule has 0 aliphatic carbocycles. The van der Waals surface area contributed by atoms with Crippen LogP contribution in [0.15, 0.2) is 29.2 Å². The van der Waals surface area contributed by atoms with Gasteiger partial charge in [-0.2, -0.15) is 5.10 Å². The van der Waals surface area contributed by atoms with Crippen molar-refractivity contribution < 1.29 is 5.11 Å². The van der Waals surface area contributed by atoms with E-state index in [0.717, 1.165) is 17.1 Å². The molecule has 18 heavy (non-hydrogen) atoms. The third-order valence-corrected chi connectivity index (χ3v) is 3.66. The highest BCUT2D eigenvalue weighted by molar-refractivity contribution is 7.09. The highest BCUT2D eigenvalue weighted by Crippen LogP contribution is 2.32. The van der Waals surface area contributed by atoms with Crippen LogP contribution in [-0.2, 0) is 0 Å². The van der Waals surface area contributed by atoms with Gasteiger partial charge in [-0.1, -0.05) is 0 Å². The number of aryl methyl sites for hydroxylation is 1. The zero-order chi connectivity index (χ0) is 12.5. The predicted molar refractivity (Wildman–Crippen MR) is 68.0 cm³/mol. The SMILES string of the molecule is Cc1nc(C2CC=NN2C(O)n2ccnc2)cs1. The molecule has 2 aromatic rings. The summed E-state index contributed by atoms with van der Waals surface area (Å²) in [6.45, 7) is 1.97. The second-order valence-electron chi connectivity index (χ2n) is 4.08. The minimum atomic E-state index is -0.849. The van der Waals surface area contributed by atoms with Gasteiger partial charge in [0.2, 0.25) is 6.35 Å². The number of hydrogen-bond acceptors (Lipinski definition) is 6. The monoisotopic (exact) mass is 263 g/mol. The van der Waals surface area contributed by atoms with Crippen LogP contribution >= 0.6 is 11.3 Å². The number of rotatable bonds is 3. The summed E-state index contributed by atoms with van der Waals surface area (Å²) < 4.78 is 1.61. The van der Waals surface area contributed by atoms with Gasteiger partial charge in [0.15, 0.2) is 0 Å². The lowest BCUT2D eigenvalue weighted by atomic mass is 10.2. The van der Waals surface area contributed by atoms with Crippen LogP contribution in [-0.4, -0.2) is 30.9 Å². The second kappa shape index (κ2) is 4.51. The predicted octanol–water partition coefficient (Wildman–Crippen LogP) is 1.53. The summed E-state index contributed by atoms with van der Waals surface area (Å²) in [5.41, 5.74) is 0.953. The molecular weight excluding hydrogens is 250 g/mol. The Bertz CT molecular complexity index is 550. The Morgan fingerprint density at radius 2 is 2.44 bits per heavy atom. The minimum absolute atomic E-state index is 0.00708. The Morgan fingerprint density at radius 3 is 3.11 bits per heavy atom. The number of hydrogen-bond donors (Lipinski definition) is 1. The first-order valence-electron chi connectivity index (χ1n) is 5.64. The van der Waals surface area contributed by atoms with Crippen molar-refractivity contribution in [1.29, 1.82) is 0 Å². The fourth-order valence-corrected chi connectivity index (χ4v) is 2.64. The number of nitrogens with zero attached hydrogens (tertiary/aromatic N) is 5. The van der Waals surface area contributed by atoms with Crippen molar-refractivity contribution in [2.75, 3.05) is 0 Å². The molecule has 0 bridgehead atoms. The third-order valence-electron chi connectivity index (χ3n) is 2.87. The van der Waals surface area contributed by atoms with E-state index < -0.39 is 6.35 Å². The van der Waals surface area contributed by atoms with Crippen LogP contribution in [0, 0.1) is 6.92 Å². The number of aliphatic hydroxyl groups excluding tert-OH is 1. The van der Waals surface area contributed by atoms with Crippen molar-refractivity contribution in [3.05, 3.63) is 34.8 Å². The molecule has 6 nitrogen and oxygen atoms in total. The van der Waals surface area contributed by atoms with Crippen molar-refractivity contribution in [3.63, 3.8) is 0 Å². The van der Waals surface area contributed by atoms with Gasteiger partial charge in [-0.25, -0.2) is 15.0 Å². The molecule has 3 rings (SSSR count). The van der Waals surface area contributed by atoms with Gasteiger partial charge in [-0.05, 0) is 6.92 Å². The highest BCUT2D eigenvalue weighted by atomic mass is 32.1. The molecule has 1 aliphatic rings. The molecule has 0 saturated carbocycles. The molecule has 1 aliphatic heterocycles. The summed E-state index contributed by atoms with van der Waals surface area (Å²) in [5, 5.41) is 19.2. The van der Waals surface area contributed by atoms with Crippen LogP contribution in [0.25, 0.3) is 0 Å². The standard InChI is InChI=1S/C11H13N5OS/c1-8-14-9(6-18-8)10-2-3-13-16(10)11(17)15-5-4-12-7-15/h3-7,10-11,17H,2H2,1H3. The molecule has 1 N–H and O–H groups in total. The molecule has 3 heterocycles. The zero-order valence-electron chi connectivity index (χ0n) is 9.84. The van der Waals surface area contributed by atoms with Gasteiger partial charge in [0.05, 0.1) is 23.1 Å². The maximum Gasteiger partial charge on any atom is 0.228 e. The number of aliphatic hydroxyl groups is 1. The Balaban J connectivity index is 1.85. The van der Waals surface area contributed by atoms with Gasteiger partial charge in [-0.15, -0.1) is 11.3 Å². The summed E-state index contributed by atoms with van der Waals surface area (Å²) in [7, 11) is 0. The molecule has 0 radical (unpaired) electrons. The molecule has 0 spiro atoms. The van der Waals surface area contributed by atoms with Crippen molar-refractivity contribution >= 4 is 17.6 Å². The second-order valence-corrected chi connectivity index (χ2v) is 5.14. The molecule has 2 aromatic heterocycles. The van der Waals surface area contributed by atoms with Crippen LogP contribution < -0.4 is 0 Å². The number of thiazole rings is 1. The highest BCUT2D eigenvalue weighted by Gasteiger charge is 2.30. The molecule has 0 saturated heterocycles. The van der Waals surface area contributed by atoms with Crippen LogP contribution in [0.3, 0.4) is 0 Å². The van der Waals surface area contributed by atoms with E-state index in [1.54, 1.807) is 45.8 Å². The summed E-state index contributed by atoms with van der Waals surface area (Å²) in [5.74, 6) is 0. The molecule has 0 aromatic carbocycles. The van der Waals surface area contributed by atoms with E-state index in [0.29, 0.717) is 0 Å². The lowest BCUT2D eigenvalue weighted by Gasteiger charge is -2.27. The molecule has 2 atom stereocenters. The largest absolute Gasteiger partial charge is 0.355 e. The summed E-state index contributed by atoms with van der Waals surface area (Å²) in [4.78, 5) is 8.39. The Hall–Kier alpha value is -1.73. The molecule has 0 amide bonds. The van der Waals surface area contributed by atoms with E-state index in [1.165, 1.54) is 0 Å². The molecule has 94 valence electrons. The van der Waals surface area contributed by atoms with Crippen molar-refractivity contribution in [1.82, 2.24) is 19.5 Å². The third kappa shape index (κ3) is 1.91. The van der Waals surface area contributed by atoms with Gasteiger partial charge in [0, 0.05) is 30.4 Å². The smallest absolute Gasteiger partial charge is 0.228 e. The normalized spacial score (nSPS) is 20.6. The lowest BCUT2D eigenvalue weighted by Crippen LogP contribution is -2.28. The van der Waals surface area contributed by atoms with Gasteiger partial charge < -0.3 is 5.11 Å². The maximum absolute atomic E-state index is 10.3. The van der Waals surface area contributed by atoms with Crippen LogP contribution in [0.1, 0.15) is 29.5 Å². The van der Waals surface area contributed by atoms with Gasteiger partial charge in [-0.3, -0.25) is 4.57 Å². The fraction of sp³-hybridized carbons (Fsp3) is 0.364. The fourth-order valence-electron chi connectivity index (χ4n) is 1.98.